The van der Waals surface area contributed by atoms with Gasteiger partial charge in [0.15, 0.2) is 5.82 Å². The van der Waals surface area contributed by atoms with Crippen molar-refractivity contribution >= 4 is 0 Å². The number of hydrogen-bond donors (Lipinski definition) is 1. The number of aryl methyl sites for hydroxylation is 1. The fourth-order valence-electron chi connectivity index (χ4n) is 3.02. The van der Waals surface area contributed by atoms with Crippen molar-refractivity contribution in [1.82, 2.24) is 25.0 Å². The largest absolute Gasteiger partial charge is 0.480 e. The highest BCUT2D eigenvalue weighted by atomic mass is 16.5. The quantitative estimate of drug-likeness (QED) is 0.862. The summed E-state index contributed by atoms with van der Waals surface area (Å²) >= 11 is 0. The predicted molar refractivity (Wildman–Crippen MR) is 80.8 cm³/mol. The van der Waals surface area contributed by atoms with Gasteiger partial charge in [0.1, 0.15) is 5.69 Å². The molecule has 0 saturated carbocycles. The van der Waals surface area contributed by atoms with Crippen LogP contribution >= 0.6 is 0 Å². The first-order chi connectivity index (χ1) is 11.1. The van der Waals surface area contributed by atoms with E-state index in [0.29, 0.717) is 43.5 Å². The van der Waals surface area contributed by atoms with Gasteiger partial charge >= 0.3 is 0 Å². The predicted octanol–water partition coefficient (Wildman–Crippen LogP) is 0.746. The Labute approximate surface area is 134 Å². The maximum atomic E-state index is 10.9. The fraction of sp³-hybridized carbons (Fsp3) is 0.600. The van der Waals surface area contributed by atoms with Crippen molar-refractivity contribution in [3.8, 4) is 5.88 Å². The van der Waals surface area contributed by atoms with Crippen LogP contribution in [0.2, 0.25) is 0 Å². The highest BCUT2D eigenvalue weighted by Crippen LogP contribution is 2.26. The first-order valence-corrected chi connectivity index (χ1v) is 7.66. The van der Waals surface area contributed by atoms with Crippen LogP contribution in [0.25, 0.3) is 0 Å². The van der Waals surface area contributed by atoms with Crippen molar-refractivity contribution < 1.29 is 14.4 Å². The topological polar surface area (TPSA) is 97.4 Å². The van der Waals surface area contributed by atoms with Crippen molar-refractivity contribution in [2.75, 3.05) is 20.2 Å². The molecule has 8 nitrogen and oxygen atoms in total. The van der Waals surface area contributed by atoms with E-state index in [-0.39, 0.29) is 0 Å². The van der Waals surface area contributed by atoms with Gasteiger partial charge in [-0.2, -0.15) is 4.98 Å². The molecule has 1 unspecified atom stereocenters. The lowest BCUT2D eigenvalue weighted by atomic mass is 9.89. The van der Waals surface area contributed by atoms with Gasteiger partial charge in [-0.3, -0.25) is 9.88 Å². The van der Waals surface area contributed by atoms with E-state index in [1.54, 1.807) is 26.4 Å². The molecule has 3 heterocycles. The number of aromatic nitrogens is 4. The average molecular weight is 319 g/mol. The molecule has 1 N–H and O–H groups in total. The summed E-state index contributed by atoms with van der Waals surface area (Å²) in [6, 6.07) is 0. The molecule has 0 aromatic carbocycles. The monoisotopic (exact) mass is 319 g/mol. The first kappa shape index (κ1) is 15.8. The summed E-state index contributed by atoms with van der Waals surface area (Å²) in [6.45, 7) is 3.77. The summed E-state index contributed by atoms with van der Waals surface area (Å²) in [4.78, 5) is 14.8. The van der Waals surface area contributed by atoms with Gasteiger partial charge < -0.3 is 14.4 Å². The Morgan fingerprint density at radius 2 is 2.22 bits per heavy atom. The number of likely N-dealkylation sites (tertiary alicyclic amines) is 1. The molecule has 0 amide bonds. The lowest BCUT2D eigenvalue weighted by Crippen LogP contribution is -2.49. The van der Waals surface area contributed by atoms with Gasteiger partial charge in [0.05, 0.1) is 19.1 Å². The summed E-state index contributed by atoms with van der Waals surface area (Å²) in [5.41, 5.74) is -0.0972. The van der Waals surface area contributed by atoms with Gasteiger partial charge in [0, 0.05) is 25.5 Å². The fourth-order valence-corrected chi connectivity index (χ4v) is 3.02. The molecule has 0 radical (unpaired) electrons. The average Bonchev–Trinajstić information content (AvgIpc) is 2.92. The first-order valence-electron chi connectivity index (χ1n) is 7.66. The molecule has 1 atom stereocenters. The molecule has 2 aromatic heterocycles. The molecule has 1 saturated heterocycles. The number of methoxy groups -OCH3 is 1. The van der Waals surface area contributed by atoms with Crippen LogP contribution in [-0.4, -0.2) is 55.9 Å². The molecule has 1 aliphatic rings. The van der Waals surface area contributed by atoms with Crippen LogP contribution in [0, 0.1) is 6.92 Å². The summed E-state index contributed by atoms with van der Waals surface area (Å²) < 4.78 is 10.4. The molecular formula is C15H21N5O3. The third-order valence-corrected chi connectivity index (χ3v) is 3.99. The van der Waals surface area contributed by atoms with Crippen molar-refractivity contribution in [1.29, 1.82) is 0 Å². The normalized spacial score (nSPS) is 22.2. The molecule has 124 valence electrons. The van der Waals surface area contributed by atoms with Crippen LogP contribution in [-0.2, 0) is 13.0 Å². The molecule has 0 bridgehead atoms. The Bertz CT molecular complexity index is 662. The number of rotatable bonds is 5. The number of ether oxygens (including phenoxy) is 1. The van der Waals surface area contributed by atoms with Crippen molar-refractivity contribution in [3.05, 3.63) is 29.8 Å². The summed E-state index contributed by atoms with van der Waals surface area (Å²) in [6.07, 6.45) is 5.22. The van der Waals surface area contributed by atoms with Gasteiger partial charge in [-0.15, -0.1) is 0 Å². The minimum Gasteiger partial charge on any atom is -0.480 e. The Balaban J connectivity index is 1.67. The number of β-amino-alcohol motifs (C(OH)–C–C–N with tert-alkyl or cyclic N) is 1. The Hall–Kier alpha value is -2.06. The van der Waals surface area contributed by atoms with E-state index in [9.17, 15) is 5.11 Å². The Morgan fingerprint density at radius 1 is 1.39 bits per heavy atom. The summed E-state index contributed by atoms with van der Waals surface area (Å²) in [5, 5.41) is 14.6. The Morgan fingerprint density at radius 3 is 2.96 bits per heavy atom. The zero-order valence-electron chi connectivity index (χ0n) is 13.4. The van der Waals surface area contributed by atoms with E-state index in [2.05, 4.69) is 25.0 Å². The lowest BCUT2D eigenvalue weighted by Gasteiger charge is -2.38. The van der Waals surface area contributed by atoms with E-state index >= 15 is 0 Å². The minimum atomic E-state index is -0.868. The van der Waals surface area contributed by atoms with Crippen LogP contribution in [0.4, 0.5) is 0 Å². The van der Waals surface area contributed by atoms with E-state index in [1.165, 1.54) is 0 Å². The molecule has 1 aliphatic heterocycles. The third kappa shape index (κ3) is 3.83. The highest BCUT2D eigenvalue weighted by Gasteiger charge is 2.35. The lowest BCUT2D eigenvalue weighted by molar-refractivity contribution is -0.0378. The van der Waals surface area contributed by atoms with Crippen LogP contribution in [0.15, 0.2) is 16.9 Å². The molecule has 2 aromatic rings. The number of piperidine rings is 1. The van der Waals surface area contributed by atoms with Gasteiger partial charge in [0.2, 0.25) is 11.8 Å². The molecule has 23 heavy (non-hydrogen) atoms. The smallest absolute Gasteiger partial charge is 0.236 e. The SMILES string of the molecule is COc1nccnc1CN1CCCC(O)(Cc2nc(C)no2)C1. The highest BCUT2D eigenvalue weighted by molar-refractivity contribution is 5.17. The van der Waals surface area contributed by atoms with Crippen molar-refractivity contribution in [2.45, 2.75) is 38.3 Å². The molecule has 0 spiro atoms. The third-order valence-electron chi connectivity index (χ3n) is 3.99. The zero-order chi connectivity index (χ0) is 16.3. The molecular weight excluding hydrogens is 298 g/mol. The summed E-state index contributed by atoms with van der Waals surface area (Å²) in [5.74, 6) is 1.58. The van der Waals surface area contributed by atoms with Gasteiger partial charge in [-0.05, 0) is 26.3 Å². The molecule has 8 heteroatoms. The second-order valence-electron chi connectivity index (χ2n) is 5.96. The van der Waals surface area contributed by atoms with Crippen LogP contribution in [0.1, 0.15) is 30.3 Å². The number of hydrogen-bond acceptors (Lipinski definition) is 8. The van der Waals surface area contributed by atoms with E-state index in [0.717, 1.165) is 18.7 Å². The molecule has 0 aliphatic carbocycles. The van der Waals surface area contributed by atoms with Crippen LogP contribution in [0.3, 0.4) is 0 Å². The Kier molecular flexibility index (Phi) is 4.53. The molecule has 3 rings (SSSR count). The number of nitrogens with zero attached hydrogens (tertiary/aromatic N) is 5. The van der Waals surface area contributed by atoms with Crippen LogP contribution in [0.5, 0.6) is 5.88 Å². The summed E-state index contributed by atoms with van der Waals surface area (Å²) in [7, 11) is 1.58. The zero-order valence-corrected chi connectivity index (χ0v) is 13.4. The van der Waals surface area contributed by atoms with E-state index in [4.69, 9.17) is 9.26 Å². The maximum absolute atomic E-state index is 10.9. The van der Waals surface area contributed by atoms with E-state index < -0.39 is 5.60 Å². The van der Waals surface area contributed by atoms with Crippen molar-refractivity contribution in [2.24, 2.45) is 0 Å². The maximum Gasteiger partial charge on any atom is 0.236 e. The van der Waals surface area contributed by atoms with Gasteiger partial charge in [-0.1, -0.05) is 5.16 Å². The molecule has 1 fully saturated rings. The van der Waals surface area contributed by atoms with Crippen molar-refractivity contribution in [3.63, 3.8) is 0 Å². The number of aliphatic hydroxyl groups is 1. The van der Waals surface area contributed by atoms with Crippen LogP contribution < -0.4 is 4.74 Å². The second kappa shape index (κ2) is 6.59. The minimum absolute atomic E-state index is 0.363. The van der Waals surface area contributed by atoms with E-state index in [1.807, 2.05) is 0 Å². The second-order valence-corrected chi connectivity index (χ2v) is 5.96. The van der Waals surface area contributed by atoms with Gasteiger partial charge in [0.25, 0.3) is 0 Å². The van der Waals surface area contributed by atoms with Gasteiger partial charge in [-0.25, -0.2) is 4.98 Å². The standard InChI is InChI=1S/C15H21N5O3/c1-11-18-13(23-19-11)8-15(21)4-3-7-20(10-15)9-12-14(22-2)17-6-5-16-12/h5-6,21H,3-4,7-10H2,1-2H3.